The summed E-state index contributed by atoms with van der Waals surface area (Å²) >= 11 is 5.88. The standard InChI is InChI=1S/C18H19ClN2O3/c1-13-11-15(19)8-9-17(13)24-10-4-7-18(23)21-20-12-14-5-2-3-6-16(14)22/h2-3,5-6,8-9,11-12,22H,4,7,10H2,1H3,(H,21,23)/b20-12+. The van der Waals surface area contributed by atoms with Crippen molar-refractivity contribution >= 4 is 23.7 Å². The van der Waals surface area contributed by atoms with E-state index in [4.69, 9.17) is 16.3 Å². The number of phenolic OH excluding ortho intramolecular Hbond substituents is 1. The molecule has 0 unspecified atom stereocenters. The molecule has 0 fully saturated rings. The summed E-state index contributed by atoms with van der Waals surface area (Å²) in [5.74, 6) is 0.665. The molecule has 0 atom stereocenters. The zero-order valence-electron chi connectivity index (χ0n) is 13.3. The molecule has 6 heteroatoms. The fraction of sp³-hybridized carbons (Fsp3) is 0.222. The number of ether oxygens (including phenoxy) is 1. The number of hydrazone groups is 1. The lowest BCUT2D eigenvalue weighted by Crippen LogP contribution is -2.18. The van der Waals surface area contributed by atoms with Crippen LogP contribution < -0.4 is 10.2 Å². The number of nitrogens with one attached hydrogen (secondary N) is 1. The highest BCUT2D eigenvalue weighted by molar-refractivity contribution is 6.30. The Morgan fingerprint density at radius 2 is 2.12 bits per heavy atom. The van der Waals surface area contributed by atoms with Crippen molar-refractivity contribution in [3.05, 3.63) is 58.6 Å². The summed E-state index contributed by atoms with van der Waals surface area (Å²) in [6, 6.07) is 12.2. The highest BCUT2D eigenvalue weighted by Crippen LogP contribution is 2.21. The Bertz CT molecular complexity index is 732. The maximum absolute atomic E-state index is 11.7. The van der Waals surface area contributed by atoms with E-state index in [0.717, 1.165) is 11.3 Å². The second kappa shape index (κ2) is 8.93. The van der Waals surface area contributed by atoms with Crippen molar-refractivity contribution in [2.45, 2.75) is 19.8 Å². The topological polar surface area (TPSA) is 70.9 Å². The highest BCUT2D eigenvalue weighted by Gasteiger charge is 2.03. The fourth-order valence-electron chi connectivity index (χ4n) is 2.02. The molecule has 0 aromatic heterocycles. The molecule has 2 aromatic carbocycles. The number of carbonyl (C=O) groups excluding carboxylic acids is 1. The minimum Gasteiger partial charge on any atom is -0.507 e. The van der Waals surface area contributed by atoms with Gasteiger partial charge in [-0.2, -0.15) is 5.10 Å². The van der Waals surface area contributed by atoms with Crippen molar-refractivity contribution in [3.63, 3.8) is 0 Å². The van der Waals surface area contributed by atoms with Gasteiger partial charge in [-0.3, -0.25) is 4.79 Å². The van der Waals surface area contributed by atoms with Crippen LogP contribution in [0.25, 0.3) is 0 Å². The molecule has 24 heavy (non-hydrogen) atoms. The van der Waals surface area contributed by atoms with Gasteiger partial charge in [0.1, 0.15) is 11.5 Å². The van der Waals surface area contributed by atoms with Gasteiger partial charge in [0.05, 0.1) is 12.8 Å². The number of carbonyl (C=O) groups is 1. The molecule has 0 saturated heterocycles. The van der Waals surface area contributed by atoms with Gasteiger partial charge in [-0.15, -0.1) is 0 Å². The molecule has 0 bridgehead atoms. The van der Waals surface area contributed by atoms with Crippen LogP contribution in [-0.2, 0) is 4.79 Å². The van der Waals surface area contributed by atoms with Gasteiger partial charge in [-0.1, -0.05) is 23.7 Å². The summed E-state index contributed by atoms with van der Waals surface area (Å²) in [5.41, 5.74) is 3.92. The van der Waals surface area contributed by atoms with Crippen LogP contribution in [0.5, 0.6) is 11.5 Å². The monoisotopic (exact) mass is 346 g/mol. The normalized spacial score (nSPS) is 10.8. The summed E-state index contributed by atoms with van der Waals surface area (Å²) in [5, 5.41) is 14.1. The first-order valence-electron chi connectivity index (χ1n) is 7.55. The van der Waals surface area contributed by atoms with Gasteiger partial charge in [0, 0.05) is 17.0 Å². The molecule has 2 rings (SSSR count). The molecule has 2 N–H and O–H groups in total. The van der Waals surface area contributed by atoms with Crippen molar-refractivity contribution in [2.24, 2.45) is 5.10 Å². The Morgan fingerprint density at radius 3 is 2.88 bits per heavy atom. The predicted molar refractivity (Wildman–Crippen MR) is 94.8 cm³/mol. The highest BCUT2D eigenvalue weighted by atomic mass is 35.5. The molecular weight excluding hydrogens is 328 g/mol. The minimum atomic E-state index is -0.210. The summed E-state index contributed by atoms with van der Waals surface area (Å²) in [4.78, 5) is 11.7. The summed E-state index contributed by atoms with van der Waals surface area (Å²) in [6.07, 6.45) is 2.27. The van der Waals surface area contributed by atoms with E-state index in [2.05, 4.69) is 10.5 Å². The van der Waals surface area contributed by atoms with Crippen LogP contribution >= 0.6 is 11.6 Å². The number of amides is 1. The molecule has 2 aromatic rings. The van der Waals surface area contributed by atoms with Crippen LogP contribution in [0, 0.1) is 6.92 Å². The lowest BCUT2D eigenvalue weighted by Gasteiger charge is -2.08. The van der Waals surface area contributed by atoms with Gasteiger partial charge in [0.2, 0.25) is 5.91 Å². The number of nitrogens with zero attached hydrogens (tertiary/aromatic N) is 1. The molecule has 0 spiro atoms. The van der Waals surface area contributed by atoms with E-state index in [9.17, 15) is 9.90 Å². The molecule has 0 saturated carbocycles. The van der Waals surface area contributed by atoms with Crippen molar-refractivity contribution < 1.29 is 14.6 Å². The molecule has 0 aliphatic carbocycles. The number of aromatic hydroxyl groups is 1. The third kappa shape index (κ3) is 5.59. The number of hydrogen-bond acceptors (Lipinski definition) is 4. The first-order chi connectivity index (χ1) is 11.6. The number of aryl methyl sites for hydroxylation is 1. The Balaban J connectivity index is 1.69. The molecular formula is C18H19ClN2O3. The van der Waals surface area contributed by atoms with Crippen molar-refractivity contribution in [1.82, 2.24) is 5.43 Å². The first-order valence-corrected chi connectivity index (χ1v) is 7.93. The quantitative estimate of drug-likeness (QED) is 0.456. The van der Waals surface area contributed by atoms with E-state index in [1.54, 1.807) is 30.3 Å². The van der Waals surface area contributed by atoms with Gasteiger partial charge in [-0.25, -0.2) is 5.43 Å². The minimum absolute atomic E-state index is 0.113. The molecule has 5 nitrogen and oxygen atoms in total. The van der Waals surface area contributed by atoms with Crippen molar-refractivity contribution in [3.8, 4) is 11.5 Å². The average Bonchev–Trinajstić information content (AvgIpc) is 2.55. The van der Waals surface area contributed by atoms with Gasteiger partial charge < -0.3 is 9.84 Å². The molecule has 0 heterocycles. The van der Waals surface area contributed by atoms with Crippen molar-refractivity contribution in [2.75, 3.05) is 6.61 Å². The maximum atomic E-state index is 11.7. The van der Waals surface area contributed by atoms with E-state index in [0.29, 0.717) is 30.0 Å². The van der Waals surface area contributed by atoms with E-state index in [1.807, 2.05) is 19.1 Å². The number of benzene rings is 2. The summed E-state index contributed by atoms with van der Waals surface area (Å²) in [7, 11) is 0. The zero-order chi connectivity index (χ0) is 17.4. The van der Waals surface area contributed by atoms with E-state index in [-0.39, 0.29) is 11.7 Å². The van der Waals surface area contributed by atoms with Crippen molar-refractivity contribution in [1.29, 1.82) is 0 Å². The maximum Gasteiger partial charge on any atom is 0.240 e. The van der Waals surface area contributed by atoms with E-state index >= 15 is 0 Å². The number of phenols is 1. The number of rotatable bonds is 7. The van der Waals surface area contributed by atoms with Crippen LogP contribution in [0.4, 0.5) is 0 Å². The molecule has 0 radical (unpaired) electrons. The molecule has 1 amide bonds. The number of hydrogen-bond donors (Lipinski definition) is 2. The number of halogens is 1. The Kier molecular flexibility index (Phi) is 6.63. The van der Waals surface area contributed by atoms with E-state index < -0.39 is 0 Å². The van der Waals surface area contributed by atoms with Crippen LogP contribution in [0.3, 0.4) is 0 Å². The predicted octanol–water partition coefficient (Wildman–Crippen LogP) is 3.66. The largest absolute Gasteiger partial charge is 0.507 e. The Labute approximate surface area is 145 Å². The van der Waals surface area contributed by atoms with Gasteiger partial charge in [0.15, 0.2) is 0 Å². The fourth-order valence-corrected chi connectivity index (χ4v) is 2.24. The third-order valence-electron chi connectivity index (χ3n) is 3.27. The Hall–Kier alpha value is -2.53. The smallest absolute Gasteiger partial charge is 0.240 e. The molecule has 0 aliphatic rings. The van der Waals surface area contributed by atoms with Gasteiger partial charge >= 0.3 is 0 Å². The van der Waals surface area contributed by atoms with Crippen LogP contribution in [0.2, 0.25) is 5.02 Å². The van der Waals surface area contributed by atoms with Gasteiger partial charge in [0.25, 0.3) is 0 Å². The first kappa shape index (κ1) is 17.8. The van der Waals surface area contributed by atoms with Gasteiger partial charge in [-0.05, 0) is 49.2 Å². The van der Waals surface area contributed by atoms with Crippen LogP contribution in [0.1, 0.15) is 24.0 Å². The molecule has 126 valence electrons. The van der Waals surface area contributed by atoms with E-state index in [1.165, 1.54) is 6.21 Å². The lowest BCUT2D eigenvalue weighted by atomic mass is 10.2. The average molecular weight is 347 g/mol. The second-order valence-corrected chi connectivity index (χ2v) is 5.65. The Morgan fingerprint density at radius 1 is 1.33 bits per heavy atom. The summed E-state index contributed by atoms with van der Waals surface area (Å²) < 4.78 is 5.62. The second-order valence-electron chi connectivity index (χ2n) is 5.21. The lowest BCUT2D eigenvalue weighted by molar-refractivity contribution is -0.121. The molecule has 0 aliphatic heterocycles. The van der Waals surface area contributed by atoms with Crippen LogP contribution in [-0.4, -0.2) is 23.8 Å². The summed E-state index contributed by atoms with van der Waals surface area (Å²) in [6.45, 7) is 2.35. The SMILES string of the molecule is Cc1cc(Cl)ccc1OCCCC(=O)N/N=C/c1ccccc1O. The number of para-hydroxylation sites is 1. The zero-order valence-corrected chi connectivity index (χ0v) is 14.1. The van der Waals surface area contributed by atoms with Crippen LogP contribution in [0.15, 0.2) is 47.6 Å². The third-order valence-corrected chi connectivity index (χ3v) is 3.51.